The first-order valence-corrected chi connectivity index (χ1v) is 11.7. The number of piperazine rings is 1. The number of hydrogen-bond acceptors (Lipinski definition) is 5. The van der Waals surface area contributed by atoms with Crippen LogP contribution in [-0.4, -0.2) is 50.0 Å². The van der Waals surface area contributed by atoms with Gasteiger partial charge in [0.1, 0.15) is 5.75 Å². The van der Waals surface area contributed by atoms with Crippen molar-refractivity contribution < 1.29 is 19.1 Å². The van der Waals surface area contributed by atoms with Gasteiger partial charge in [-0.05, 0) is 60.2 Å². The summed E-state index contributed by atoms with van der Waals surface area (Å²) in [6.45, 7) is 2.68. The van der Waals surface area contributed by atoms with Crippen LogP contribution in [0.5, 0.6) is 11.5 Å². The second-order valence-corrected chi connectivity index (χ2v) is 8.68. The molecule has 0 aromatic heterocycles. The summed E-state index contributed by atoms with van der Waals surface area (Å²) in [6, 6.07) is 20.2. The monoisotopic (exact) mass is 489 g/mol. The Bertz CT molecular complexity index is 1300. The summed E-state index contributed by atoms with van der Waals surface area (Å²) < 4.78 is 11.0. The zero-order chi connectivity index (χ0) is 24.4. The van der Waals surface area contributed by atoms with Crippen molar-refractivity contribution in [2.45, 2.75) is 0 Å². The summed E-state index contributed by atoms with van der Waals surface area (Å²) in [6.07, 6.45) is 1.60. The quantitative estimate of drug-likeness (QED) is 0.539. The van der Waals surface area contributed by atoms with Crippen LogP contribution >= 0.6 is 11.6 Å². The van der Waals surface area contributed by atoms with E-state index in [-0.39, 0.29) is 11.7 Å². The van der Waals surface area contributed by atoms with Crippen molar-refractivity contribution in [3.8, 4) is 11.5 Å². The Morgan fingerprint density at radius 2 is 1.77 bits per heavy atom. The molecule has 0 bridgehead atoms. The Balaban J connectivity index is 1.26. The number of rotatable bonds is 4. The van der Waals surface area contributed by atoms with Crippen molar-refractivity contribution in [1.29, 1.82) is 0 Å². The molecule has 0 unspecified atom stereocenters. The van der Waals surface area contributed by atoms with Gasteiger partial charge in [-0.2, -0.15) is 0 Å². The summed E-state index contributed by atoms with van der Waals surface area (Å²) in [4.78, 5) is 29.8. The van der Waals surface area contributed by atoms with Crippen molar-refractivity contribution in [2.24, 2.45) is 0 Å². The predicted octanol–water partition coefficient (Wildman–Crippen LogP) is 4.68. The molecule has 178 valence electrons. The third kappa shape index (κ3) is 4.81. The Morgan fingerprint density at radius 3 is 2.49 bits per heavy atom. The zero-order valence-corrected chi connectivity index (χ0v) is 19.9. The van der Waals surface area contributed by atoms with Gasteiger partial charge in [0.15, 0.2) is 11.5 Å². The third-order valence-corrected chi connectivity index (χ3v) is 6.46. The Kier molecular flexibility index (Phi) is 6.33. The lowest BCUT2D eigenvalue weighted by atomic mass is 10.1. The van der Waals surface area contributed by atoms with Gasteiger partial charge in [0.05, 0.1) is 12.8 Å². The molecule has 2 aliphatic heterocycles. The molecule has 0 saturated carbocycles. The third-order valence-electron chi connectivity index (χ3n) is 6.11. The number of halogens is 1. The lowest BCUT2D eigenvalue weighted by molar-refractivity contribution is -0.115. The van der Waals surface area contributed by atoms with Crippen LogP contribution in [0.25, 0.3) is 6.08 Å². The summed E-state index contributed by atoms with van der Waals surface area (Å²) in [5.41, 5.74) is 2.76. The number of nitrogens with one attached hydrogen (secondary N) is 1. The highest BCUT2D eigenvalue weighted by molar-refractivity contribution is 6.32. The van der Waals surface area contributed by atoms with Gasteiger partial charge in [0.25, 0.3) is 11.8 Å². The van der Waals surface area contributed by atoms with Crippen LogP contribution < -0.4 is 19.7 Å². The number of nitrogens with zero attached hydrogens (tertiary/aromatic N) is 2. The average Bonchev–Trinajstić information content (AvgIpc) is 2.90. The first-order valence-electron chi connectivity index (χ1n) is 11.3. The molecule has 7 nitrogen and oxygen atoms in total. The molecule has 2 aliphatic rings. The van der Waals surface area contributed by atoms with Gasteiger partial charge in [-0.25, -0.2) is 0 Å². The molecule has 0 spiro atoms. The normalized spacial score (nSPS) is 16.4. The predicted molar refractivity (Wildman–Crippen MR) is 136 cm³/mol. The number of hydrogen-bond donors (Lipinski definition) is 1. The molecule has 35 heavy (non-hydrogen) atoms. The molecule has 3 aromatic carbocycles. The first kappa shape index (κ1) is 22.8. The fourth-order valence-corrected chi connectivity index (χ4v) is 4.36. The first-order chi connectivity index (χ1) is 17.0. The van der Waals surface area contributed by atoms with E-state index in [9.17, 15) is 9.59 Å². The molecule has 3 aromatic rings. The lowest BCUT2D eigenvalue weighted by Crippen LogP contribution is -2.48. The van der Waals surface area contributed by atoms with Gasteiger partial charge in [0, 0.05) is 42.5 Å². The van der Waals surface area contributed by atoms with E-state index in [1.54, 1.807) is 43.5 Å². The Hall–Kier alpha value is -3.97. The van der Waals surface area contributed by atoms with Crippen molar-refractivity contribution in [1.82, 2.24) is 4.90 Å². The topological polar surface area (TPSA) is 71.1 Å². The highest BCUT2D eigenvalue weighted by atomic mass is 35.5. The standard InChI is InChI=1S/C27H24ClN3O4/c1-34-21-9-7-20(8-10-21)30-12-14-31(15-13-30)27(33)19-6-11-24-23(16-19)29-26(32)25(35-24)17-18-4-2-3-5-22(18)28/h2-11,16-17H,12-15H2,1H3,(H,29,32)/b25-17-. The molecule has 2 heterocycles. The van der Waals surface area contributed by atoms with Crippen LogP contribution in [0.1, 0.15) is 15.9 Å². The van der Waals surface area contributed by atoms with E-state index >= 15 is 0 Å². The molecule has 2 amide bonds. The highest BCUT2D eigenvalue weighted by Crippen LogP contribution is 2.33. The molecule has 0 radical (unpaired) electrons. The second kappa shape index (κ2) is 9.72. The largest absolute Gasteiger partial charge is 0.497 e. The van der Waals surface area contributed by atoms with E-state index in [2.05, 4.69) is 10.2 Å². The summed E-state index contributed by atoms with van der Waals surface area (Å²) >= 11 is 6.19. The molecular weight excluding hydrogens is 466 g/mol. The van der Waals surface area contributed by atoms with E-state index in [1.807, 2.05) is 41.3 Å². The number of carbonyl (C=O) groups excluding carboxylic acids is 2. The number of anilines is 2. The van der Waals surface area contributed by atoms with Gasteiger partial charge < -0.3 is 24.6 Å². The van der Waals surface area contributed by atoms with Gasteiger partial charge in [-0.15, -0.1) is 0 Å². The number of fused-ring (bicyclic) bond motifs is 1. The van der Waals surface area contributed by atoms with E-state index in [4.69, 9.17) is 21.1 Å². The Morgan fingerprint density at radius 1 is 1.03 bits per heavy atom. The van der Waals surface area contributed by atoms with Crippen LogP contribution in [0, 0.1) is 0 Å². The van der Waals surface area contributed by atoms with E-state index in [0.717, 1.165) is 24.5 Å². The van der Waals surface area contributed by atoms with Crippen LogP contribution in [0.4, 0.5) is 11.4 Å². The van der Waals surface area contributed by atoms with Crippen molar-refractivity contribution >= 4 is 40.9 Å². The maximum Gasteiger partial charge on any atom is 0.291 e. The minimum Gasteiger partial charge on any atom is -0.497 e. The van der Waals surface area contributed by atoms with E-state index in [0.29, 0.717) is 40.7 Å². The van der Waals surface area contributed by atoms with Crippen LogP contribution in [-0.2, 0) is 4.79 Å². The second-order valence-electron chi connectivity index (χ2n) is 8.27. The highest BCUT2D eigenvalue weighted by Gasteiger charge is 2.26. The van der Waals surface area contributed by atoms with Gasteiger partial charge in [-0.1, -0.05) is 29.8 Å². The maximum atomic E-state index is 13.1. The van der Waals surface area contributed by atoms with Gasteiger partial charge in [-0.3, -0.25) is 9.59 Å². The summed E-state index contributed by atoms with van der Waals surface area (Å²) in [5.74, 6) is 0.963. The molecule has 1 saturated heterocycles. The van der Waals surface area contributed by atoms with Crippen LogP contribution in [0.2, 0.25) is 5.02 Å². The number of methoxy groups -OCH3 is 1. The van der Waals surface area contributed by atoms with Crippen molar-refractivity contribution in [3.05, 3.63) is 88.6 Å². The summed E-state index contributed by atoms with van der Waals surface area (Å²) in [5, 5.41) is 3.34. The number of amides is 2. The minimum atomic E-state index is -0.393. The van der Waals surface area contributed by atoms with Crippen molar-refractivity contribution in [3.63, 3.8) is 0 Å². The molecule has 0 atom stereocenters. The number of benzene rings is 3. The maximum absolute atomic E-state index is 13.1. The molecule has 8 heteroatoms. The summed E-state index contributed by atoms with van der Waals surface area (Å²) in [7, 11) is 1.65. The molecule has 5 rings (SSSR count). The van der Waals surface area contributed by atoms with E-state index in [1.165, 1.54) is 0 Å². The number of carbonyl (C=O) groups is 2. The number of ether oxygens (including phenoxy) is 2. The lowest BCUT2D eigenvalue weighted by Gasteiger charge is -2.36. The van der Waals surface area contributed by atoms with Crippen LogP contribution in [0.15, 0.2) is 72.5 Å². The average molecular weight is 490 g/mol. The molecule has 1 N–H and O–H groups in total. The minimum absolute atomic E-state index is 0.0752. The van der Waals surface area contributed by atoms with Crippen molar-refractivity contribution in [2.75, 3.05) is 43.5 Å². The van der Waals surface area contributed by atoms with Gasteiger partial charge in [0.2, 0.25) is 0 Å². The fraction of sp³-hybridized carbons (Fsp3) is 0.185. The van der Waals surface area contributed by atoms with E-state index < -0.39 is 5.91 Å². The Labute approximate surface area is 208 Å². The van der Waals surface area contributed by atoms with Crippen LogP contribution in [0.3, 0.4) is 0 Å². The van der Waals surface area contributed by atoms with Gasteiger partial charge >= 0.3 is 0 Å². The smallest absolute Gasteiger partial charge is 0.291 e. The fourth-order valence-electron chi connectivity index (χ4n) is 4.17. The molecular formula is C27H24ClN3O4. The molecule has 0 aliphatic carbocycles. The SMILES string of the molecule is COc1ccc(N2CCN(C(=O)c3ccc4c(c3)NC(=O)/C(=C/c3ccccc3Cl)O4)CC2)cc1. The molecule has 1 fully saturated rings. The zero-order valence-electron chi connectivity index (χ0n) is 19.2.